The minimum absolute atomic E-state index is 0.00277. The van der Waals surface area contributed by atoms with Crippen molar-refractivity contribution >= 4 is 40.8 Å². The fourth-order valence-electron chi connectivity index (χ4n) is 3.22. The molecule has 0 spiro atoms. The summed E-state index contributed by atoms with van der Waals surface area (Å²) in [6, 6.07) is 12.1. The molecule has 1 aliphatic heterocycles. The number of aryl methyl sites for hydroxylation is 1. The molecular weight excluding hydrogens is 434 g/mol. The van der Waals surface area contributed by atoms with E-state index < -0.39 is 0 Å². The van der Waals surface area contributed by atoms with Crippen LogP contribution in [0.25, 0.3) is 10.7 Å². The van der Waals surface area contributed by atoms with E-state index in [0.717, 1.165) is 36.1 Å². The Labute approximate surface area is 189 Å². The fraction of sp³-hybridized carbons (Fsp3) is 0.409. The lowest BCUT2D eigenvalue weighted by atomic mass is 10.1. The number of carbonyl (C=O) groups excluding carboxylic acids is 1. The zero-order valence-corrected chi connectivity index (χ0v) is 19.2. The van der Waals surface area contributed by atoms with E-state index in [2.05, 4.69) is 27.6 Å². The normalized spacial score (nSPS) is 14.7. The largest absolute Gasteiger partial charge is 0.352 e. The highest BCUT2D eigenvalue weighted by Crippen LogP contribution is 2.43. The number of nitrogens with one attached hydrogen (secondary N) is 1. The minimum Gasteiger partial charge on any atom is -0.352 e. The van der Waals surface area contributed by atoms with E-state index in [1.54, 1.807) is 11.3 Å². The summed E-state index contributed by atoms with van der Waals surface area (Å²) in [5, 5.41) is 9.05. The lowest BCUT2D eigenvalue weighted by molar-refractivity contribution is 0.0953. The average molecular weight is 460 g/mol. The van der Waals surface area contributed by atoms with Gasteiger partial charge in [-0.2, -0.15) is 4.98 Å². The molecule has 30 heavy (non-hydrogen) atoms. The Morgan fingerprint density at radius 2 is 1.93 bits per heavy atom. The smallest absolute Gasteiger partial charge is 0.251 e. The van der Waals surface area contributed by atoms with Gasteiger partial charge in [0.2, 0.25) is 11.7 Å². The molecule has 1 N–H and O–H groups in total. The second kappa shape index (κ2) is 11.0. The summed E-state index contributed by atoms with van der Waals surface area (Å²) in [6.07, 6.45) is 4.97. The number of amides is 1. The first-order chi connectivity index (χ1) is 14.8. The zero-order chi connectivity index (χ0) is 20.6. The van der Waals surface area contributed by atoms with Crippen LogP contribution >= 0.6 is 34.9 Å². The van der Waals surface area contributed by atoms with Crippen molar-refractivity contribution in [3.63, 3.8) is 0 Å². The monoisotopic (exact) mass is 459 g/mol. The quantitative estimate of drug-likeness (QED) is 0.407. The van der Waals surface area contributed by atoms with Crippen LogP contribution in [0.5, 0.6) is 0 Å². The van der Waals surface area contributed by atoms with Crippen LogP contribution in [-0.2, 0) is 6.42 Å². The van der Waals surface area contributed by atoms with E-state index in [0.29, 0.717) is 22.8 Å². The molecule has 2 aromatic heterocycles. The average Bonchev–Trinajstić information content (AvgIpc) is 3.49. The van der Waals surface area contributed by atoms with Crippen LogP contribution in [0.2, 0.25) is 0 Å². The number of aromatic nitrogens is 2. The minimum atomic E-state index is 0.00277. The fourth-order valence-corrected chi connectivity index (χ4v) is 6.76. The topological polar surface area (TPSA) is 68.0 Å². The van der Waals surface area contributed by atoms with Crippen LogP contribution in [-0.4, -0.2) is 34.1 Å². The molecule has 1 fully saturated rings. The summed E-state index contributed by atoms with van der Waals surface area (Å²) in [5.74, 6) is 3.79. The molecular formula is C22H25N3O2S3. The molecule has 158 valence electrons. The van der Waals surface area contributed by atoms with Crippen LogP contribution in [0.3, 0.4) is 0 Å². The van der Waals surface area contributed by atoms with Crippen molar-refractivity contribution in [2.75, 3.05) is 18.1 Å². The highest BCUT2D eigenvalue weighted by Gasteiger charge is 2.17. The molecule has 0 bridgehead atoms. The molecule has 0 atom stereocenters. The standard InChI is InChI=1S/C22H25N3O2S3/c26-21(16-8-10-17(11-9-16)22-29-14-5-15-30-22)23-12-3-1-2-7-19-24-20(25-27-19)18-6-4-13-28-18/h4,6,8-11,13,22H,1-3,5,7,12,14-15H2,(H,23,26). The second-order valence-corrected chi connectivity index (χ2v) is 10.8. The van der Waals surface area contributed by atoms with Gasteiger partial charge in [0.15, 0.2) is 0 Å². The molecule has 0 saturated carbocycles. The number of hydrogen-bond acceptors (Lipinski definition) is 7. The van der Waals surface area contributed by atoms with E-state index in [4.69, 9.17) is 4.52 Å². The number of thioether (sulfide) groups is 2. The molecule has 8 heteroatoms. The van der Waals surface area contributed by atoms with E-state index in [1.807, 2.05) is 53.2 Å². The van der Waals surface area contributed by atoms with Gasteiger partial charge in [0.25, 0.3) is 5.91 Å². The van der Waals surface area contributed by atoms with E-state index in [9.17, 15) is 4.79 Å². The van der Waals surface area contributed by atoms with Crippen LogP contribution in [0.1, 0.15) is 52.1 Å². The number of carbonyl (C=O) groups is 1. The molecule has 4 rings (SSSR count). The van der Waals surface area contributed by atoms with Gasteiger partial charge in [-0.05, 0) is 59.9 Å². The molecule has 0 aliphatic carbocycles. The van der Waals surface area contributed by atoms with Gasteiger partial charge in [0.05, 0.1) is 9.46 Å². The summed E-state index contributed by atoms with van der Waals surface area (Å²) in [6.45, 7) is 0.680. The van der Waals surface area contributed by atoms with Gasteiger partial charge in [-0.15, -0.1) is 34.9 Å². The molecule has 5 nitrogen and oxygen atoms in total. The third kappa shape index (κ3) is 5.89. The Morgan fingerprint density at radius 1 is 1.10 bits per heavy atom. The van der Waals surface area contributed by atoms with Gasteiger partial charge in [0, 0.05) is 18.5 Å². The number of benzene rings is 1. The third-order valence-electron chi connectivity index (χ3n) is 4.83. The maximum Gasteiger partial charge on any atom is 0.251 e. The molecule has 3 aromatic rings. The van der Waals surface area contributed by atoms with Gasteiger partial charge in [-0.3, -0.25) is 4.79 Å². The van der Waals surface area contributed by atoms with E-state index in [1.165, 1.54) is 23.5 Å². The number of unbranched alkanes of at least 4 members (excludes halogenated alkanes) is 2. The van der Waals surface area contributed by atoms with Crippen molar-refractivity contribution in [1.29, 1.82) is 0 Å². The van der Waals surface area contributed by atoms with Crippen LogP contribution in [0, 0.1) is 0 Å². The molecule has 1 saturated heterocycles. The SMILES string of the molecule is O=C(NCCCCCc1nc(-c2cccs2)no1)c1ccc(C2SCCCS2)cc1. The number of thiophene rings is 1. The molecule has 1 amide bonds. The maximum atomic E-state index is 12.3. The first-order valence-electron chi connectivity index (χ1n) is 10.3. The first kappa shape index (κ1) is 21.5. The van der Waals surface area contributed by atoms with E-state index >= 15 is 0 Å². The lowest BCUT2D eigenvalue weighted by Crippen LogP contribution is -2.24. The molecule has 1 aliphatic rings. The maximum absolute atomic E-state index is 12.3. The first-order valence-corrected chi connectivity index (χ1v) is 13.2. The molecule has 1 aromatic carbocycles. The Balaban J connectivity index is 1.13. The lowest BCUT2D eigenvalue weighted by Gasteiger charge is -2.21. The molecule has 3 heterocycles. The van der Waals surface area contributed by atoms with Crippen LogP contribution < -0.4 is 5.32 Å². The highest BCUT2D eigenvalue weighted by molar-refractivity contribution is 8.16. The summed E-state index contributed by atoms with van der Waals surface area (Å²) >= 11 is 5.60. The summed E-state index contributed by atoms with van der Waals surface area (Å²) in [5.41, 5.74) is 2.04. The highest BCUT2D eigenvalue weighted by atomic mass is 32.2. The number of rotatable bonds is 9. The summed E-state index contributed by atoms with van der Waals surface area (Å²) in [7, 11) is 0. The van der Waals surface area contributed by atoms with Gasteiger partial charge in [-0.1, -0.05) is 29.8 Å². The van der Waals surface area contributed by atoms with Crippen molar-refractivity contribution in [3.8, 4) is 10.7 Å². The van der Waals surface area contributed by atoms with Crippen molar-refractivity contribution in [1.82, 2.24) is 15.5 Å². The van der Waals surface area contributed by atoms with Crippen molar-refractivity contribution in [3.05, 3.63) is 58.8 Å². The summed E-state index contributed by atoms with van der Waals surface area (Å²) in [4.78, 5) is 17.8. The molecule has 0 unspecified atom stereocenters. The number of hydrogen-bond donors (Lipinski definition) is 1. The van der Waals surface area contributed by atoms with Crippen LogP contribution in [0.4, 0.5) is 0 Å². The number of nitrogens with zero attached hydrogens (tertiary/aromatic N) is 2. The Bertz CT molecular complexity index is 920. The Kier molecular flexibility index (Phi) is 7.88. The zero-order valence-electron chi connectivity index (χ0n) is 16.7. The van der Waals surface area contributed by atoms with Crippen molar-refractivity contribution in [2.24, 2.45) is 0 Å². The van der Waals surface area contributed by atoms with Crippen molar-refractivity contribution < 1.29 is 9.32 Å². The third-order valence-corrected chi connectivity index (χ3v) is 8.72. The van der Waals surface area contributed by atoms with E-state index in [-0.39, 0.29) is 5.91 Å². The van der Waals surface area contributed by atoms with Crippen LogP contribution in [0.15, 0.2) is 46.3 Å². The Hall–Kier alpha value is -1.77. The predicted octanol–water partition coefficient (Wildman–Crippen LogP) is 5.81. The molecule has 0 radical (unpaired) electrons. The van der Waals surface area contributed by atoms with Gasteiger partial charge >= 0.3 is 0 Å². The van der Waals surface area contributed by atoms with Gasteiger partial charge in [-0.25, -0.2) is 0 Å². The van der Waals surface area contributed by atoms with Gasteiger partial charge in [0.1, 0.15) is 0 Å². The predicted molar refractivity (Wildman–Crippen MR) is 126 cm³/mol. The Morgan fingerprint density at radius 3 is 2.70 bits per heavy atom. The van der Waals surface area contributed by atoms with Gasteiger partial charge < -0.3 is 9.84 Å². The second-order valence-electron chi connectivity index (χ2n) is 7.10. The summed E-state index contributed by atoms with van der Waals surface area (Å²) < 4.78 is 5.83. The van der Waals surface area contributed by atoms with Crippen molar-refractivity contribution in [2.45, 2.75) is 36.7 Å².